The van der Waals surface area contributed by atoms with Gasteiger partial charge in [-0.15, -0.1) is 11.3 Å². The highest BCUT2D eigenvalue weighted by atomic mass is 32.1. The zero-order valence-electron chi connectivity index (χ0n) is 16.9. The number of aromatic nitrogens is 4. The minimum Gasteiger partial charge on any atom is -0.455 e. The van der Waals surface area contributed by atoms with E-state index in [1.54, 1.807) is 10.7 Å². The first-order valence-corrected chi connectivity index (χ1v) is 10.5. The molecule has 4 heterocycles. The van der Waals surface area contributed by atoms with E-state index in [0.29, 0.717) is 33.9 Å². The van der Waals surface area contributed by atoms with Gasteiger partial charge in [-0.05, 0) is 24.4 Å². The minimum atomic E-state index is -0.457. The third kappa shape index (κ3) is 3.62. The van der Waals surface area contributed by atoms with Crippen molar-refractivity contribution in [1.82, 2.24) is 19.7 Å². The first-order valence-electron chi connectivity index (χ1n) is 9.65. The topological polar surface area (TPSA) is 83.0 Å². The van der Waals surface area contributed by atoms with Gasteiger partial charge in [-0.3, -0.25) is 4.68 Å². The molecule has 0 radical (unpaired) electrons. The van der Waals surface area contributed by atoms with Crippen LogP contribution in [0.3, 0.4) is 0 Å². The van der Waals surface area contributed by atoms with Gasteiger partial charge < -0.3 is 9.15 Å². The van der Waals surface area contributed by atoms with E-state index in [1.165, 1.54) is 17.6 Å². The molecule has 0 N–H and O–H groups in total. The molecule has 0 aliphatic rings. The van der Waals surface area contributed by atoms with Crippen molar-refractivity contribution < 1.29 is 13.9 Å². The normalized spacial score (nSPS) is 11.2. The Morgan fingerprint density at radius 1 is 1.16 bits per heavy atom. The van der Waals surface area contributed by atoms with Crippen molar-refractivity contribution in [2.24, 2.45) is 7.05 Å². The Balaban J connectivity index is 1.46. The van der Waals surface area contributed by atoms with Gasteiger partial charge in [-0.25, -0.2) is 14.8 Å². The van der Waals surface area contributed by atoms with Gasteiger partial charge in [0.25, 0.3) is 0 Å². The maximum absolute atomic E-state index is 13.1. The Labute approximate surface area is 182 Å². The number of hydrogen-bond acceptors (Lipinski definition) is 7. The Morgan fingerprint density at radius 3 is 2.77 bits per heavy atom. The van der Waals surface area contributed by atoms with Crippen LogP contribution < -0.4 is 0 Å². The Morgan fingerprint density at radius 2 is 2.00 bits per heavy atom. The lowest BCUT2D eigenvalue weighted by molar-refractivity contribution is 0.0470. The maximum atomic E-state index is 13.1. The lowest BCUT2D eigenvalue weighted by Gasteiger charge is -2.08. The second-order valence-electron chi connectivity index (χ2n) is 7.03. The maximum Gasteiger partial charge on any atom is 0.339 e. The van der Waals surface area contributed by atoms with Crippen molar-refractivity contribution in [3.05, 3.63) is 77.1 Å². The molecule has 0 aliphatic carbocycles. The molecule has 0 saturated carbocycles. The third-order valence-corrected chi connectivity index (χ3v) is 5.75. The van der Waals surface area contributed by atoms with Crippen LogP contribution >= 0.6 is 11.3 Å². The first-order chi connectivity index (χ1) is 15.1. The zero-order valence-corrected chi connectivity index (χ0v) is 17.7. The molecule has 0 fully saturated rings. The minimum absolute atomic E-state index is 0.0114. The summed E-state index contributed by atoms with van der Waals surface area (Å²) in [7, 11) is 1.81. The number of thiophene rings is 1. The summed E-state index contributed by atoms with van der Waals surface area (Å²) in [5.41, 5.74) is 3.92. The summed E-state index contributed by atoms with van der Waals surface area (Å²) in [6.07, 6.45) is 1.51. The lowest BCUT2D eigenvalue weighted by Crippen LogP contribution is -2.08. The van der Waals surface area contributed by atoms with Gasteiger partial charge in [0, 0.05) is 12.6 Å². The molecule has 154 valence electrons. The quantitative estimate of drug-likeness (QED) is 0.364. The molecule has 0 atom stereocenters. The van der Waals surface area contributed by atoms with E-state index in [1.807, 2.05) is 61.8 Å². The summed E-state index contributed by atoms with van der Waals surface area (Å²) < 4.78 is 12.8. The van der Waals surface area contributed by atoms with Crippen molar-refractivity contribution >= 4 is 28.3 Å². The average Bonchev–Trinajstić information content (AvgIpc) is 3.53. The monoisotopic (exact) mass is 430 g/mol. The Bertz CT molecular complexity index is 1370. The number of benzene rings is 1. The molecule has 0 aliphatic heterocycles. The summed E-state index contributed by atoms with van der Waals surface area (Å²) in [4.78, 5) is 23.1. The first kappa shape index (κ1) is 19.2. The van der Waals surface area contributed by atoms with Gasteiger partial charge in [0.2, 0.25) is 5.89 Å². The predicted molar refractivity (Wildman–Crippen MR) is 118 cm³/mol. The molecule has 5 rings (SSSR count). The molecule has 5 aromatic rings. The number of nitrogens with zero attached hydrogens (tertiary/aromatic N) is 4. The molecular formula is C23H18N4O3S. The van der Waals surface area contributed by atoms with E-state index in [4.69, 9.17) is 14.1 Å². The number of carbonyl (C=O) groups excluding carboxylic acids is 1. The second-order valence-corrected chi connectivity index (χ2v) is 7.97. The number of oxazole rings is 1. The standard InChI is InChI=1S/C23H18N4O3S/c1-14-20-17(11-18(15-7-4-3-5-8-15)25-21(20)27(2)26-14)23(28)30-13-16-12-29-22(24-16)19-9-6-10-31-19/h3-12H,13H2,1-2H3. The van der Waals surface area contributed by atoms with Crippen molar-refractivity contribution in [3.63, 3.8) is 0 Å². The third-order valence-electron chi connectivity index (χ3n) is 4.89. The fourth-order valence-electron chi connectivity index (χ4n) is 3.47. The number of fused-ring (bicyclic) bond motifs is 1. The lowest BCUT2D eigenvalue weighted by atomic mass is 10.1. The molecular weight excluding hydrogens is 412 g/mol. The van der Waals surface area contributed by atoms with E-state index in [0.717, 1.165) is 16.1 Å². The van der Waals surface area contributed by atoms with Gasteiger partial charge in [-0.1, -0.05) is 36.4 Å². The molecule has 8 heteroatoms. The Hall–Kier alpha value is -3.78. The van der Waals surface area contributed by atoms with Crippen LogP contribution in [0.15, 0.2) is 64.6 Å². The summed E-state index contributed by atoms with van der Waals surface area (Å²) in [5.74, 6) is 0.0585. The molecule has 0 amide bonds. The van der Waals surface area contributed by atoms with Crippen molar-refractivity contribution in [3.8, 4) is 22.0 Å². The van der Waals surface area contributed by atoms with Crippen LogP contribution in [0.4, 0.5) is 0 Å². The SMILES string of the molecule is Cc1nn(C)c2nc(-c3ccccc3)cc(C(=O)OCc3coc(-c4cccs4)n3)c12. The van der Waals surface area contributed by atoms with E-state index in [-0.39, 0.29) is 6.61 Å². The highest BCUT2D eigenvalue weighted by Crippen LogP contribution is 2.28. The zero-order chi connectivity index (χ0) is 21.4. The van der Waals surface area contributed by atoms with Gasteiger partial charge in [0.15, 0.2) is 5.65 Å². The number of hydrogen-bond donors (Lipinski definition) is 0. The summed E-state index contributed by atoms with van der Waals surface area (Å²) in [6, 6.07) is 15.3. The summed E-state index contributed by atoms with van der Waals surface area (Å²) in [5, 5.41) is 7.08. The highest BCUT2D eigenvalue weighted by molar-refractivity contribution is 7.13. The predicted octanol–water partition coefficient (Wildman–Crippen LogP) is 5.02. The van der Waals surface area contributed by atoms with Gasteiger partial charge >= 0.3 is 5.97 Å². The van der Waals surface area contributed by atoms with Gasteiger partial charge in [-0.2, -0.15) is 5.10 Å². The van der Waals surface area contributed by atoms with Crippen LogP contribution in [0.2, 0.25) is 0 Å². The number of ether oxygens (including phenoxy) is 1. The largest absolute Gasteiger partial charge is 0.455 e. The molecule has 0 bridgehead atoms. The number of carbonyl (C=O) groups is 1. The van der Waals surface area contributed by atoms with Crippen LogP contribution in [0.5, 0.6) is 0 Å². The number of aryl methyl sites for hydroxylation is 2. The number of pyridine rings is 1. The van der Waals surface area contributed by atoms with Crippen LogP contribution in [0.1, 0.15) is 21.7 Å². The summed E-state index contributed by atoms with van der Waals surface area (Å²) >= 11 is 1.54. The van der Waals surface area contributed by atoms with E-state index >= 15 is 0 Å². The van der Waals surface area contributed by atoms with Gasteiger partial charge in [0.1, 0.15) is 18.6 Å². The van der Waals surface area contributed by atoms with Crippen LogP contribution in [0.25, 0.3) is 33.1 Å². The molecule has 31 heavy (non-hydrogen) atoms. The fourth-order valence-corrected chi connectivity index (χ4v) is 4.12. The van der Waals surface area contributed by atoms with E-state index in [9.17, 15) is 4.79 Å². The smallest absolute Gasteiger partial charge is 0.339 e. The van der Waals surface area contributed by atoms with Gasteiger partial charge in [0.05, 0.1) is 27.2 Å². The average molecular weight is 430 g/mol. The molecule has 0 saturated heterocycles. The van der Waals surface area contributed by atoms with Crippen LogP contribution in [-0.4, -0.2) is 25.7 Å². The van der Waals surface area contributed by atoms with Crippen LogP contribution in [0, 0.1) is 6.92 Å². The fraction of sp³-hybridized carbons (Fsp3) is 0.130. The second kappa shape index (κ2) is 7.81. The molecule has 0 spiro atoms. The van der Waals surface area contributed by atoms with Crippen LogP contribution in [-0.2, 0) is 18.4 Å². The van der Waals surface area contributed by atoms with E-state index in [2.05, 4.69) is 10.1 Å². The molecule has 4 aromatic heterocycles. The molecule has 0 unspecified atom stereocenters. The van der Waals surface area contributed by atoms with Crippen molar-refractivity contribution in [2.45, 2.75) is 13.5 Å². The number of esters is 1. The Kier molecular flexibility index (Phi) is 4.83. The highest BCUT2D eigenvalue weighted by Gasteiger charge is 2.21. The number of rotatable bonds is 5. The molecule has 1 aromatic carbocycles. The molecule has 7 nitrogen and oxygen atoms in total. The van der Waals surface area contributed by atoms with Crippen molar-refractivity contribution in [1.29, 1.82) is 0 Å². The van der Waals surface area contributed by atoms with E-state index < -0.39 is 5.97 Å². The summed E-state index contributed by atoms with van der Waals surface area (Å²) in [6.45, 7) is 1.87. The van der Waals surface area contributed by atoms with Crippen molar-refractivity contribution in [2.75, 3.05) is 0 Å².